The minimum Gasteiger partial charge on any atom is -0.368 e. The minimum absolute atomic E-state index is 0.110. The van der Waals surface area contributed by atoms with E-state index in [1.165, 1.54) is 12.1 Å². The zero-order chi connectivity index (χ0) is 17.2. The molecule has 2 aromatic rings. The zero-order valence-corrected chi connectivity index (χ0v) is 13.8. The molecule has 0 saturated carbocycles. The van der Waals surface area contributed by atoms with Crippen molar-refractivity contribution in [3.05, 3.63) is 48.3 Å². The second-order valence-electron chi connectivity index (χ2n) is 5.50. The van der Waals surface area contributed by atoms with Gasteiger partial charge >= 0.3 is 0 Å². The predicted octanol–water partition coefficient (Wildman–Crippen LogP) is 0.927. The zero-order valence-electron chi connectivity index (χ0n) is 13.0. The van der Waals surface area contributed by atoms with Gasteiger partial charge in [0.2, 0.25) is 10.0 Å². The largest absolute Gasteiger partial charge is 0.368 e. The number of hydrogen-bond acceptors (Lipinski definition) is 6. The summed E-state index contributed by atoms with van der Waals surface area (Å²) in [5, 5.41) is 14.3. The maximum absolute atomic E-state index is 11.3. The molecule has 0 unspecified atom stereocenters. The summed E-state index contributed by atoms with van der Waals surface area (Å²) in [5.74, 6) is 0. The van der Waals surface area contributed by atoms with Crippen LogP contribution in [0.4, 0.5) is 11.4 Å². The number of pyridine rings is 1. The van der Waals surface area contributed by atoms with E-state index in [9.17, 15) is 8.42 Å². The Hall–Kier alpha value is -2.63. The number of sulfonamides is 1. The average Bonchev–Trinajstić information content (AvgIpc) is 2.61. The first-order chi connectivity index (χ1) is 11.5. The fourth-order valence-electron chi connectivity index (χ4n) is 2.79. The third kappa shape index (κ3) is 3.32. The lowest BCUT2D eigenvalue weighted by molar-refractivity contribution is 0.597. The molecule has 0 aliphatic carbocycles. The monoisotopic (exact) mass is 343 g/mol. The number of anilines is 2. The molecule has 0 amide bonds. The van der Waals surface area contributed by atoms with E-state index in [0.29, 0.717) is 5.69 Å². The van der Waals surface area contributed by atoms with Gasteiger partial charge in [0.05, 0.1) is 10.6 Å². The van der Waals surface area contributed by atoms with E-state index in [-0.39, 0.29) is 4.90 Å². The van der Waals surface area contributed by atoms with Crippen LogP contribution in [0.15, 0.2) is 47.5 Å². The van der Waals surface area contributed by atoms with Gasteiger partial charge < -0.3 is 9.80 Å². The summed E-state index contributed by atoms with van der Waals surface area (Å²) >= 11 is 0. The summed E-state index contributed by atoms with van der Waals surface area (Å²) < 4.78 is 22.6. The Morgan fingerprint density at radius 3 is 2.25 bits per heavy atom. The summed E-state index contributed by atoms with van der Waals surface area (Å²) in [6.07, 6.45) is 1.62. The molecular formula is C16H17N5O2S. The minimum atomic E-state index is -3.67. The van der Waals surface area contributed by atoms with Crippen molar-refractivity contribution >= 4 is 21.4 Å². The number of aromatic nitrogens is 1. The van der Waals surface area contributed by atoms with Gasteiger partial charge in [-0.05, 0) is 36.4 Å². The average molecular weight is 343 g/mol. The summed E-state index contributed by atoms with van der Waals surface area (Å²) in [5.41, 5.74) is 2.24. The number of nitrogens with zero attached hydrogens (tertiary/aromatic N) is 4. The number of rotatable bonds is 3. The van der Waals surface area contributed by atoms with Crippen molar-refractivity contribution in [1.82, 2.24) is 4.98 Å². The van der Waals surface area contributed by atoms with E-state index in [1.54, 1.807) is 18.3 Å². The second kappa shape index (κ2) is 6.47. The Labute approximate surface area is 141 Å². The highest BCUT2D eigenvalue weighted by Gasteiger charge is 2.20. The molecule has 24 heavy (non-hydrogen) atoms. The van der Waals surface area contributed by atoms with Gasteiger partial charge in [-0.15, -0.1) is 0 Å². The lowest BCUT2D eigenvalue weighted by Crippen LogP contribution is -2.46. The van der Waals surface area contributed by atoms with Crippen molar-refractivity contribution in [2.24, 2.45) is 5.14 Å². The first kappa shape index (κ1) is 16.2. The highest BCUT2D eigenvalue weighted by Crippen LogP contribution is 2.23. The van der Waals surface area contributed by atoms with Gasteiger partial charge in [0, 0.05) is 38.1 Å². The number of nitriles is 1. The summed E-state index contributed by atoms with van der Waals surface area (Å²) in [7, 11) is -3.67. The summed E-state index contributed by atoms with van der Waals surface area (Å²) in [4.78, 5) is 8.52. The number of benzene rings is 1. The van der Waals surface area contributed by atoms with Crippen LogP contribution in [0, 0.1) is 11.3 Å². The Morgan fingerprint density at radius 2 is 1.67 bits per heavy atom. The number of hydrogen-bond donors (Lipinski definition) is 1. The fourth-order valence-corrected chi connectivity index (χ4v) is 3.31. The molecule has 0 spiro atoms. The quantitative estimate of drug-likeness (QED) is 0.889. The first-order valence-corrected chi connectivity index (χ1v) is 9.01. The maximum atomic E-state index is 11.3. The second-order valence-corrected chi connectivity index (χ2v) is 7.06. The molecule has 0 radical (unpaired) electrons. The van der Waals surface area contributed by atoms with Crippen LogP contribution < -0.4 is 14.9 Å². The van der Waals surface area contributed by atoms with Gasteiger partial charge in [-0.25, -0.2) is 18.5 Å². The lowest BCUT2D eigenvalue weighted by atomic mass is 10.2. The molecule has 2 heterocycles. The number of primary sulfonamides is 1. The van der Waals surface area contributed by atoms with Crippen LogP contribution in [0.25, 0.3) is 0 Å². The van der Waals surface area contributed by atoms with Gasteiger partial charge in [0.25, 0.3) is 0 Å². The molecule has 3 rings (SSSR count). The molecule has 7 nitrogen and oxygen atoms in total. The highest BCUT2D eigenvalue weighted by atomic mass is 32.2. The summed E-state index contributed by atoms with van der Waals surface area (Å²) in [6.45, 7) is 3.07. The normalized spacial score (nSPS) is 15.2. The van der Waals surface area contributed by atoms with Gasteiger partial charge in [0.1, 0.15) is 6.07 Å². The predicted molar refractivity (Wildman–Crippen MR) is 91.2 cm³/mol. The van der Waals surface area contributed by atoms with Crippen molar-refractivity contribution in [2.75, 3.05) is 36.0 Å². The van der Waals surface area contributed by atoms with Gasteiger partial charge in [0.15, 0.2) is 5.69 Å². The molecule has 124 valence electrons. The van der Waals surface area contributed by atoms with Crippen molar-refractivity contribution in [3.63, 3.8) is 0 Å². The fraction of sp³-hybridized carbons (Fsp3) is 0.250. The Balaban J connectivity index is 1.70. The lowest BCUT2D eigenvalue weighted by Gasteiger charge is -2.37. The van der Waals surface area contributed by atoms with E-state index in [0.717, 1.165) is 37.6 Å². The van der Waals surface area contributed by atoms with Crippen molar-refractivity contribution < 1.29 is 8.42 Å². The molecule has 0 atom stereocenters. The molecule has 1 aliphatic heterocycles. The van der Waals surface area contributed by atoms with Crippen molar-refractivity contribution in [2.45, 2.75) is 4.90 Å². The van der Waals surface area contributed by atoms with Crippen LogP contribution in [0.3, 0.4) is 0 Å². The third-order valence-corrected chi connectivity index (χ3v) is 4.97. The molecule has 1 aromatic carbocycles. The summed E-state index contributed by atoms with van der Waals surface area (Å²) in [6, 6.07) is 12.4. The van der Waals surface area contributed by atoms with Crippen LogP contribution in [0.5, 0.6) is 0 Å². The van der Waals surface area contributed by atoms with Gasteiger partial charge in [-0.1, -0.05) is 0 Å². The molecule has 8 heteroatoms. The van der Waals surface area contributed by atoms with Crippen molar-refractivity contribution in [1.29, 1.82) is 5.26 Å². The standard InChI is InChI=1S/C16H17N5O2S/c17-12-15-16(2-1-7-19-15)21-10-8-20(9-11-21)13-3-5-14(6-4-13)24(18,22)23/h1-7H,8-11H2,(H2,18,22,23). The van der Waals surface area contributed by atoms with E-state index >= 15 is 0 Å². The molecule has 1 aliphatic rings. The smallest absolute Gasteiger partial charge is 0.238 e. The third-order valence-electron chi connectivity index (χ3n) is 4.04. The van der Waals surface area contributed by atoms with E-state index in [4.69, 9.17) is 10.4 Å². The Morgan fingerprint density at radius 1 is 1.04 bits per heavy atom. The topological polar surface area (TPSA) is 103 Å². The molecule has 2 N–H and O–H groups in total. The molecule has 1 saturated heterocycles. The van der Waals surface area contributed by atoms with E-state index < -0.39 is 10.0 Å². The van der Waals surface area contributed by atoms with Crippen LogP contribution in [-0.4, -0.2) is 39.6 Å². The van der Waals surface area contributed by atoms with E-state index in [2.05, 4.69) is 20.9 Å². The maximum Gasteiger partial charge on any atom is 0.238 e. The number of piperazine rings is 1. The van der Waals surface area contributed by atoms with Crippen LogP contribution in [-0.2, 0) is 10.0 Å². The molecule has 1 fully saturated rings. The SMILES string of the molecule is N#Cc1ncccc1N1CCN(c2ccc(S(N)(=O)=O)cc2)CC1. The molecular weight excluding hydrogens is 326 g/mol. The first-order valence-electron chi connectivity index (χ1n) is 7.47. The Bertz CT molecular complexity index is 866. The van der Waals surface area contributed by atoms with Crippen LogP contribution >= 0.6 is 0 Å². The Kier molecular flexibility index (Phi) is 4.38. The van der Waals surface area contributed by atoms with Gasteiger partial charge in [-0.2, -0.15) is 5.26 Å². The highest BCUT2D eigenvalue weighted by molar-refractivity contribution is 7.89. The van der Waals surface area contributed by atoms with E-state index in [1.807, 2.05) is 12.1 Å². The number of nitrogens with two attached hydrogens (primary N) is 1. The van der Waals surface area contributed by atoms with Crippen LogP contribution in [0.1, 0.15) is 5.69 Å². The molecule has 1 aromatic heterocycles. The van der Waals surface area contributed by atoms with Gasteiger partial charge in [-0.3, -0.25) is 0 Å². The molecule has 0 bridgehead atoms. The van der Waals surface area contributed by atoms with Crippen LogP contribution in [0.2, 0.25) is 0 Å². The van der Waals surface area contributed by atoms with Crippen molar-refractivity contribution in [3.8, 4) is 6.07 Å².